The molecule has 2 N–H and O–H groups in total. The predicted molar refractivity (Wildman–Crippen MR) is 70.7 cm³/mol. The fourth-order valence-electron chi connectivity index (χ4n) is 2.77. The third-order valence-electron chi connectivity index (χ3n) is 4.06. The summed E-state index contributed by atoms with van der Waals surface area (Å²) in [6.45, 7) is 5.21. The van der Waals surface area contributed by atoms with Crippen LogP contribution in [-0.2, 0) is 0 Å². The van der Waals surface area contributed by atoms with Crippen LogP contribution in [0.4, 0.5) is 4.39 Å². The van der Waals surface area contributed by atoms with Crippen molar-refractivity contribution in [2.45, 2.75) is 38.8 Å². The van der Waals surface area contributed by atoms with Gasteiger partial charge in [0.05, 0.1) is 6.10 Å². The molecule has 1 heterocycles. The number of hydrogen-bond acceptors (Lipinski definition) is 2. The van der Waals surface area contributed by atoms with E-state index in [-0.39, 0.29) is 17.8 Å². The average Bonchev–Trinajstić information content (AvgIpc) is 2.37. The molecule has 18 heavy (non-hydrogen) atoms. The van der Waals surface area contributed by atoms with Gasteiger partial charge in [-0.25, -0.2) is 4.39 Å². The maximum absolute atomic E-state index is 13.7. The third kappa shape index (κ3) is 2.90. The molecule has 100 valence electrons. The Hall–Kier alpha value is -0.930. The molecule has 0 amide bonds. The fourth-order valence-corrected chi connectivity index (χ4v) is 2.77. The molecule has 3 heteroatoms. The molecule has 2 rings (SSSR count). The standard InChI is InChI=1S/C15H22FNO/c1-10-7-8-17-14(9-10)11(2)15(18)12-5-3-4-6-13(12)16/h3-6,10-11,14-15,17-18H,7-9H2,1-2H3. The minimum atomic E-state index is -0.742. The van der Waals surface area contributed by atoms with Crippen LogP contribution in [0.25, 0.3) is 0 Å². The predicted octanol–water partition coefficient (Wildman–Crippen LogP) is 2.88. The Morgan fingerprint density at radius 1 is 1.39 bits per heavy atom. The first-order chi connectivity index (χ1) is 8.59. The van der Waals surface area contributed by atoms with E-state index in [1.165, 1.54) is 12.5 Å². The molecule has 0 aliphatic carbocycles. The van der Waals surface area contributed by atoms with Crippen LogP contribution in [0.1, 0.15) is 38.4 Å². The molecular formula is C15H22FNO. The van der Waals surface area contributed by atoms with Gasteiger partial charge in [0.15, 0.2) is 0 Å². The summed E-state index contributed by atoms with van der Waals surface area (Å²) in [5, 5.41) is 13.8. The zero-order valence-electron chi connectivity index (χ0n) is 11.1. The van der Waals surface area contributed by atoms with Crippen molar-refractivity contribution in [3.8, 4) is 0 Å². The van der Waals surface area contributed by atoms with Crippen molar-refractivity contribution < 1.29 is 9.50 Å². The molecular weight excluding hydrogens is 229 g/mol. The molecule has 4 unspecified atom stereocenters. The zero-order valence-corrected chi connectivity index (χ0v) is 11.1. The van der Waals surface area contributed by atoms with Crippen molar-refractivity contribution in [3.63, 3.8) is 0 Å². The highest BCUT2D eigenvalue weighted by Gasteiger charge is 2.29. The Morgan fingerprint density at radius 2 is 2.11 bits per heavy atom. The minimum absolute atomic E-state index is 0.0182. The molecule has 0 aromatic heterocycles. The largest absolute Gasteiger partial charge is 0.388 e. The molecule has 1 aromatic rings. The fraction of sp³-hybridized carbons (Fsp3) is 0.600. The summed E-state index contributed by atoms with van der Waals surface area (Å²) >= 11 is 0. The molecule has 0 spiro atoms. The molecule has 2 nitrogen and oxygen atoms in total. The molecule has 0 saturated carbocycles. The molecule has 1 aliphatic rings. The van der Waals surface area contributed by atoms with Gasteiger partial charge in [0.25, 0.3) is 0 Å². The molecule has 0 radical (unpaired) electrons. The van der Waals surface area contributed by atoms with Gasteiger partial charge in [-0.05, 0) is 31.4 Å². The van der Waals surface area contributed by atoms with Crippen LogP contribution in [0.2, 0.25) is 0 Å². The van der Waals surface area contributed by atoms with E-state index in [4.69, 9.17) is 0 Å². The summed E-state index contributed by atoms with van der Waals surface area (Å²) in [5.74, 6) is 0.372. The maximum atomic E-state index is 13.7. The number of nitrogens with one attached hydrogen (secondary N) is 1. The first-order valence-electron chi connectivity index (χ1n) is 6.75. The zero-order chi connectivity index (χ0) is 13.1. The monoisotopic (exact) mass is 251 g/mol. The summed E-state index contributed by atoms with van der Waals surface area (Å²) in [7, 11) is 0. The quantitative estimate of drug-likeness (QED) is 0.865. The SMILES string of the molecule is CC1CCNC(C(C)C(O)c2ccccc2F)C1. The van der Waals surface area contributed by atoms with Crippen molar-refractivity contribution in [1.82, 2.24) is 5.32 Å². The first kappa shape index (κ1) is 13.5. The van der Waals surface area contributed by atoms with E-state index in [1.807, 2.05) is 6.92 Å². The number of rotatable bonds is 3. The lowest BCUT2D eigenvalue weighted by molar-refractivity contribution is 0.0770. The van der Waals surface area contributed by atoms with Gasteiger partial charge in [-0.15, -0.1) is 0 Å². The van der Waals surface area contributed by atoms with Crippen LogP contribution in [0, 0.1) is 17.7 Å². The summed E-state index contributed by atoms with van der Waals surface area (Å²) in [5.41, 5.74) is 0.407. The van der Waals surface area contributed by atoms with Gasteiger partial charge in [0.1, 0.15) is 5.82 Å². The van der Waals surface area contributed by atoms with Crippen LogP contribution in [0.5, 0.6) is 0 Å². The van der Waals surface area contributed by atoms with Gasteiger partial charge < -0.3 is 10.4 Å². The van der Waals surface area contributed by atoms with Gasteiger partial charge >= 0.3 is 0 Å². The van der Waals surface area contributed by atoms with E-state index in [2.05, 4.69) is 12.2 Å². The van der Waals surface area contributed by atoms with Crippen molar-refractivity contribution in [1.29, 1.82) is 0 Å². The second-order valence-electron chi connectivity index (χ2n) is 5.52. The average molecular weight is 251 g/mol. The normalized spacial score (nSPS) is 27.8. The molecule has 1 fully saturated rings. The minimum Gasteiger partial charge on any atom is -0.388 e. The van der Waals surface area contributed by atoms with Crippen LogP contribution in [0.3, 0.4) is 0 Å². The molecule has 1 saturated heterocycles. The highest BCUT2D eigenvalue weighted by atomic mass is 19.1. The Bertz CT molecular complexity index is 396. The summed E-state index contributed by atoms with van der Waals surface area (Å²) in [6, 6.07) is 6.76. The van der Waals surface area contributed by atoms with Crippen molar-refractivity contribution in [3.05, 3.63) is 35.6 Å². The van der Waals surface area contributed by atoms with Crippen LogP contribution < -0.4 is 5.32 Å². The van der Waals surface area contributed by atoms with Crippen molar-refractivity contribution >= 4 is 0 Å². The van der Waals surface area contributed by atoms with E-state index in [1.54, 1.807) is 18.2 Å². The Balaban J connectivity index is 2.08. The summed E-state index contributed by atoms with van der Waals surface area (Å²) < 4.78 is 13.7. The molecule has 4 atom stereocenters. The number of halogens is 1. The Labute approximate surface area is 108 Å². The van der Waals surface area contributed by atoms with E-state index in [0.29, 0.717) is 11.5 Å². The van der Waals surface area contributed by atoms with Gasteiger partial charge in [0, 0.05) is 17.5 Å². The second-order valence-corrected chi connectivity index (χ2v) is 5.52. The first-order valence-corrected chi connectivity index (χ1v) is 6.75. The number of benzene rings is 1. The number of aliphatic hydroxyl groups excluding tert-OH is 1. The van der Waals surface area contributed by atoms with Crippen LogP contribution in [-0.4, -0.2) is 17.7 Å². The van der Waals surface area contributed by atoms with Crippen LogP contribution >= 0.6 is 0 Å². The smallest absolute Gasteiger partial charge is 0.129 e. The lowest BCUT2D eigenvalue weighted by atomic mass is 9.83. The van der Waals surface area contributed by atoms with E-state index in [9.17, 15) is 9.50 Å². The Morgan fingerprint density at radius 3 is 2.78 bits per heavy atom. The number of hydrogen-bond donors (Lipinski definition) is 2. The van der Waals surface area contributed by atoms with E-state index in [0.717, 1.165) is 13.0 Å². The second kappa shape index (κ2) is 5.81. The summed E-state index contributed by atoms with van der Waals surface area (Å²) in [4.78, 5) is 0. The third-order valence-corrected chi connectivity index (χ3v) is 4.06. The van der Waals surface area contributed by atoms with Gasteiger partial charge in [-0.3, -0.25) is 0 Å². The number of aliphatic hydroxyl groups is 1. The van der Waals surface area contributed by atoms with E-state index < -0.39 is 6.10 Å². The van der Waals surface area contributed by atoms with Crippen molar-refractivity contribution in [2.75, 3.05) is 6.54 Å². The van der Waals surface area contributed by atoms with Gasteiger partial charge in [-0.1, -0.05) is 32.0 Å². The molecule has 0 bridgehead atoms. The maximum Gasteiger partial charge on any atom is 0.129 e. The van der Waals surface area contributed by atoms with E-state index >= 15 is 0 Å². The van der Waals surface area contributed by atoms with Gasteiger partial charge in [0.2, 0.25) is 0 Å². The lowest BCUT2D eigenvalue weighted by Crippen LogP contribution is -2.43. The summed E-state index contributed by atoms with van der Waals surface area (Å²) in [6.07, 6.45) is 1.49. The highest BCUT2D eigenvalue weighted by Crippen LogP contribution is 2.30. The van der Waals surface area contributed by atoms with Gasteiger partial charge in [-0.2, -0.15) is 0 Å². The Kier molecular flexibility index (Phi) is 4.36. The lowest BCUT2D eigenvalue weighted by Gasteiger charge is -2.35. The van der Waals surface area contributed by atoms with Crippen LogP contribution in [0.15, 0.2) is 24.3 Å². The molecule has 1 aliphatic heterocycles. The number of piperidine rings is 1. The highest BCUT2D eigenvalue weighted by molar-refractivity contribution is 5.20. The van der Waals surface area contributed by atoms with Crippen molar-refractivity contribution in [2.24, 2.45) is 11.8 Å². The molecule has 1 aromatic carbocycles. The topological polar surface area (TPSA) is 32.3 Å².